The number of halogens is 1. The molecule has 0 aromatic carbocycles. The van der Waals surface area contributed by atoms with Crippen LogP contribution in [-0.4, -0.2) is 48.2 Å². The highest BCUT2D eigenvalue weighted by atomic mass is 127. The van der Waals surface area contributed by atoms with Crippen molar-refractivity contribution in [3.63, 3.8) is 0 Å². The van der Waals surface area contributed by atoms with Gasteiger partial charge in [0.15, 0.2) is 5.96 Å². The molecule has 0 amide bonds. The van der Waals surface area contributed by atoms with Gasteiger partial charge in [-0.05, 0) is 31.4 Å². The maximum atomic E-state index is 5.96. The topological polar surface area (TPSA) is 63.0 Å². The number of aliphatic imine (C=N–C) groups is 1. The molecule has 1 aliphatic carbocycles. The predicted molar refractivity (Wildman–Crippen MR) is 121 cm³/mol. The molecule has 1 aliphatic rings. The van der Waals surface area contributed by atoms with E-state index >= 15 is 0 Å². The van der Waals surface area contributed by atoms with Crippen molar-refractivity contribution < 1.29 is 4.74 Å². The van der Waals surface area contributed by atoms with E-state index in [0.717, 1.165) is 49.8 Å². The molecule has 27 heavy (non-hydrogen) atoms. The molecule has 150 valence electrons. The van der Waals surface area contributed by atoms with Crippen molar-refractivity contribution in [1.29, 1.82) is 0 Å². The Bertz CT molecular complexity index is 663. The number of pyridine rings is 1. The SMILES string of the molecule is CN=C(NCCCOC1CCCCC1)NCCc1cn2ccccc2n1.I. The number of hydrogen-bond donors (Lipinski definition) is 2. The van der Waals surface area contributed by atoms with Crippen LogP contribution >= 0.6 is 24.0 Å². The Labute approximate surface area is 179 Å². The summed E-state index contributed by atoms with van der Waals surface area (Å²) in [6, 6.07) is 6.04. The fraction of sp³-hybridized carbons (Fsp3) is 0.600. The molecule has 2 N–H and O–H groups in total. The van der Waals surface area contributed by atoms with Crippen molar-refractivity contribution in [3.05, 3.63) is 36.3 Å². The fourth-order valence-corrected chi connectivity index (χ4v) is 3.40. The lowest BCUT2D eigenvalue weighted by molar-refractivity contribution is 0.0277. The first-order valence-corrected chi connectivity index (χ1v) is 9.84. The van der Waals surface area contributed by atoms with Crippen molar-refractivity contribution in [3.8, 4) is 0 Å². The molecule has 1 fully saturated rings. The van der Waals surface area contributed by atoms with Gasteiger partial charge in [0.2, 0.25) is 0 Å². The summed E-state index contributed by atoms with van der Waals surface area (Å²) >= 11 is 0. The number of rotatable bonds is 8. The molecule has 7 heteroatoms. The third kappa shape index (κ3) is 7.29. The van der Waals surface area contributed by atoms with Gasteiger partial charge in [-0.3, -0.25) is 4.99 Å². The van der Waals surface area contributed by atoms with Crippen LogP contribution in [0.2, 0.25) is 0 Å². The minimum absolute atomic E-state index is 0. The molecule has 2 aromatic rings. The number of fused-ring (bicyclic) bond motifs is 1. The molecule has 2 aromatic heterocycles. The molecule has 0 aliphatic heterocycles. The van der Waals surface area contributed by atoms with Crippen LogP contribution in [0.1, 0.15) is 44.2 Å². The van der Waals surface area contributed by atoms with E-state index in [9.17, 15) is 0 Å². The Morgan fingerprint density at radius 1 is 1.22 bits per heavy atom. The number of ether oxygens (including phenoxy) is 1. The first-order chi connectivity index (χ1) is 12.8. The number of nitrogens with zero attached hydrogens (tertiary/aromatic N) is 3. The second-order valence-corrected chi connectivity index (χ2v) is 6.86. The zero-order valence-corrected chi connectivity index (χ0v) is 18.5. The van der Waals surface area contributed by atoms with E-state index in [-0.39, 0.29) is 24.0 Å². The quantitative estimate of drug-likeness (QED) is 0.261. The second-order valence-electron chi connectivity index (χ2n) is 6.86. The van der Waals surface area contributed by atoms with Gasteiger partial charge in [-0.2, -0.15) is 0 Å². The Hall–Kier alpha value is -1.35. The van der Waals surface area contributed by atoms with E-state index in [0.29, 0.717) is 6.10 Å². The molecular weight excluding hydrogens is 453 g/mol. The van der Waals surface area contributed by atoms with Gasteiger partial charge in [-0.15, -0.1) is 24.0 Å². The van der Waals surface area contributed by atoms with E-state index in [1.54, 1.807) is 7.05 Å². The highest BCUT2D eigenvalue weighted by molar-refractivity contribution is 14.0. The molecule has 0 atom stereocenters. The van der Waals surface area contributed by atoms with Crippen LogP contribution < -0.4 is 10.6 Å². The van der Waals surface area contributed by atoms with Crippen molar-refractivity contribution in [2.24, 2.45) is 4.99 Å². The molecule has 0 bridgehead atoms. The molecule has 1 saturated carbocycles. The smallest absolute Gasteiger partial charge is 0.190 e. The van der Waals surface area contributed by atoms with Crippen molar-refractivity contribution in [1.82, 2.24) is 20.0 Å². The van der Waals surface area contributed by atoms with Crippen molar-refractivity contribution in [2.45, 2.75) is 51.0 Å². The lowest BCUT2D eigenvalue weighted by Gasteiger charge is -2.22. The van der Waals surface area contributed by atoms with Gasteiger partial charge in [0.05, 0.1) is 11.8 Å². The molecule has 0 spiro atoms. The first-order valence-electron chi connectivity index (χ1n) is 9.84. The largest absolute Gasteiger partial charge is 0.378 e. The Morgan fingerprint density at radius 3 is 2.81 bits per heavy atom. The number of imidazole rings is 1. The summed E-state index contributed by atoms with van der Waals surface area (Å²) in [5.41, 5.74) is 2.07. The monoisotopic (exact) mass is 485 g/mol. The Kier molecular flexibility index (Phi) is 9.90. The molecule has 0 radical (unpaired) electrons. The van der Waals surface area contributed by atoms with Crippen molar-refractivity contribution >= 4 is 35.6 Å². The maximum Gasteiger partial charge on any atom is 0.190 e. The second kappa shape index (κ2) is 12.2. The molecular formula is C20H32IN5O. The number of hydrogen-bond acceptors (Lipinski definition) is 3. The number of guanidine groups is 1. The van der Waals surface area contributed by atoms with Gasteiger partial charge in [-0.25, -0.2) is 4.98 Å². The summed E-state index contributed by atoms with van der Waals surface area (Å²) in [5.74, 6) is 0.839. The summed E-state index contributed by atoms with van der Waals surface area (Å²) in [7, 11) is 1.80. The lowest BCUT2D eigenvalue weighted by atomic mass is 9.98. The number of nitrogens with one attached hydrogen (secondary N) is 2. The van der Waals surface area contributed by atoms with Gasteiger partial charge >= 0.3 is 0 Å². The Morgan fingerprint density at radius 2 is 2.04 bits per heavy atom. The van der Waals surface area contributed by atoms with Gasteiger partial charge < -0.3 is 19.8 Å². The lowest BCUT2D eigenvalue weighted by Crippen LogP contribution is -2.39. The van der Waals surface area contributed by atoms with Crippen LogP contribution in [0.5, 0.6) is 0 Å². The van der Waals surface area contributed by atoms with Gasteiger partial charge in [0.1, 0.15) is 5.65 Å². The predicted octanol–water partition coefficient (Wildman–Crippen LogP) is 3.40. The molecule has 2 heterocycles. The third-order valence-electron chi connectivity index (χ3n) is 4.83. The third-order valence-corrected chi connectivity index (χ3v) is 4.83. The van der Waals surface area contributed by atoms with Gasteiger partial charge in [-0.1, -0.05) is 25.3 Å². The Balaban J connectivity index is 0.00000261. The van der Waals surface area contributed by atoms with Crippen LogP contribution in [-0.2, 0) is 11.2 Å². The molecule has 0 unspecified atom stereocenters. The molecule has 6 nitrogen and oxygen atoms in total. The standard InChI is InChI=1S/C20H31N5O.HI/c1-21-20(22-12-7-15-26-18-8-3-2-4-9-18)23-13-11-17-16-25-14-6-5-10-19(25)24-17;/h5-6,10,14,16,18H,2-4,7-9,11-13,15H2,1H3,(H2,21,22,23);1H. The summed E-state index contributed by atoms with van der Waals surface area (Å²) in [6.07, 6.45) is 13.0. The van der Waals surface area contributed by atoms with E-state index in [1.165, 1.54) is 32.1 Å². The van der Waals surface area contributed by atoms with E-state index in [2.05, 4.69) is 31.2 Å². The maximum absolute atomic E-state index is 5.96. The highest BCUT2D eigenvalue weighted by Crippen LogP contribution is 2.20. The summed E-state index contributed by atoms with van der Waals surface area (Å²) in [4.78, 5) is 8.89. The first kappa shape index (κ1) is 21.9. The average molecular weight is 485 g/mol. The van der Waals surface area contributed by atoms with Crippen molar-refractivity contribution in [2.75, 3.05) is 26.7 Å². The minimum atomic E-state index is 0. The van der Waals surface area contributed by atoms with E-state index in [4.69, 9.17) is 4.74 Å². The van der Waals surface area contributed by atoms with E-state index in [1.807, 2.05) is 24.4 Å². The summed E-state index contributed by atoms with van der Waals surface area (Å²) in [5, 5.41) is 6.70. The van der Waals surface area contributed by atoms with Crippen LogP contribution in [0, 0.1) is 0 Å². The molecule has 3 rings (SSSR count). The zero-order chi connectivity index (χ0) is 18.0. The summed E-state index contributed by atoms with van der Waals surface area (Å²) in [6.45, 7) is 2.51. The van der Waals surface area contributed by atoms with Crippen LogP contribution in [0.15, 0.2) is 35.6 Å². The zero-order valence-electron chi connectivity index (χ0n) is 16.2. The van der Waals surface area contributed by atoms with Gasteiger partial charge in [0.25, 0.3) is 0 Å². The van der Waals surface area contributed by atoms with Crippen LogP contribution in [0.4, 0.5) is 0 Å². The molecule has 0 saturated heterocycles. The van der Waals surface area contributed by atoms with Crippen LogP contribution in [0.3, 0.4) is 0 Å². The minimum Gasteiger partial charge on any atom is -0.378 e. The fourth-order valence-electron chi connectivity index (χ4n) is 3.40. The van der Waals surface area contributed by atoms with Gasteiger partial charge in [0, 0.05) is 45.6 Å². The summed E-state index contributed by atoms with van der Waals surface area (Å²) < 4.78 is 8.01. The normalized spacial score (nSPS) is 15.5. The average Bonchev–Trinajstić information content (AvgIpc) is 3.10. The van der Waals surface area contributed by atoms with E-state index < -0.39 is 0 Å². The highest BCUT2D eigenvalue weighted by Gasteiger charge is 2.12. The van der Waals surface area contributed by atoms with Crippen LogP contribution in [0.25, 0.3) is 5.65 Å². The number of aromatic nitrogens is 2.